The van der Waals surface area contributed by atoms with Gasteiger partial charge >= 0.3 is 0 Å². The van der Waals surface area contributed by atoms with Crippen LogP contribution < -0.4 is 0 Å². The zero-order valence-corrected chi connectivity index (χ0v) is 73.8. The molecule has 0 radical (unpaired) electrons. The Hall–Kier alpha value is -16.6. The van der Waals surface area contributed by atoms with E-state index in [0.29, 0.717) is 0 Å². The number of fused-ring (bicyclic) bond motifs is 22. The van der Waals surface area contributed by atoms with Gasteiger partial charge in [-0.05, 0) is 268 Å². The monoisotopic (exact) mass is 1700 g/mol. The molecule has 0 bridgehead atoms. The lowest BCUT2D eigenvalue weighted by Gasteiger charge is -2.36. The number of benzene rings is 22. The van der Waals surface area contributed by atoms with Gasteiger partial charge in [0.1, 0.15) is 0 Å². The van der Waals surface area contributed by atoms with E-state index in [-0.39, 0.29) is 23.7 Å². The summed E-state index contributed by atoms with van der Waals surface area (Å²) in [5.74, 6) is 0.384. The third-order valence-electron chi connectivity index (χ3n) is 30.6. The average Bonchev–Trinajstić information content (AvgIpc) is 1.51. The highest BCUT2D eigenvalue weighted by Gasteiger charge is 2.53. The summed E-state index contributed by atoms with van der Waals surface area (Å²) in [5.41, 5.74) is 51.8. The van der Waals surface area contributed by atoms with Crippen LogP contribution in [-0.4, -0.2) is 0 Å². The van der Waals surface area contributed by atoms with E-state index in [1.807, 2.05) is 0 Å². The van der Waals surface area contributed by atoms with Crippen LogP contribution in [0, 0.1) is 0 Å². The molecule has 0 saturated carbocycles. The van der Waals surface area contributed by atoms with E-state index in [1.54, 1.807) is 0 Å². The summed E-state index contributed by atoms with van der Waals surface area (Å²) in [6.45, 7) is 0. The molecule has 134 heavy (non-hydrogen) atoms. The number of rotatable bonds is 12. The van der Waals surface area contributed by atoms with Gasteiger partial charge in [-0.2, -0.15) is 0 Å². The van der Waals surface area contributed by atoms with Gasteiger partial charge in [-0.3, -0.25) is 0 Å². The Kier molecular flexibility index (Phi) is 17.9. The van der Waals surface area contributed by atoms with E-state index < -0.39 is 10.8 Å². The first-order valence-corrected chi connectivity index (χ1v) is 47.3. The fourth-order valence-electron chi connectivity index (χ4n) is 25.1. The van der Waals surface area contributed by atoms with Gasteiger partial charge in [0, 0.05) is 23.7 Å². The third-order valence-corrected chi connectivity index (χ3v) is 30.6. The molecule has 0 N–H and O–H groups in total. The minimum Gasteiger partial charge on any atom is -0.0622 e. The molecule has 6 aliphatic rings. The highest BCUT2D eigenvalue weighted by molar-refractivity contribution is 6.02. The Labute approximate surface area is 782 Å². The summed E-state index contributed by atoms with van der Waals surface area (Å²) in [4.78, 5) is 0. The van der Waals surface area contributed by atoms with Crippen molar-refractivity contribution >= 4 is 21.5 Å². The predicted molar refractivity (Wildman–Crippen MR) is 556 cm³/mol. The highest BCUT2D eigenvalue weighted by Crippen LogP contribution is 2.66. The van der Waals surface area contributed by atoms with E-state index in [1.165, 1.54) is 244 Å². The Balaban J connectivity index is 0.000000136. The van der Waals surface area contributed by atoms with Gasteiger partial charge in [-0.1, -0.05) is 485 Å². The van der Waals surface area contributed by atoms with Gasteiger partial charge in [0.05, 0.1) is 10.8 Å². The minimum atomic E-state index is -0.530. The van der Waals surface area contributed by atoms with Crippen molar-refractivity contribution in [3.05, 3.63) is 621 Å². The summed E-state index contributed by atoms with van der Waals surface area (Å²) < 4.78 is 0. The van der Waals surface area contributed by atoms with Crippen LogP contribution in [0.25, 0.3) is 133 Å². The molecule has 0 aliphatic heterocycles. The fourth-order valence-corrected chi connectivity index (χ4v) is 25.1. The molecule has 4 atom stereocenters. The molecule has 4 unspecified atom stereocenters. The Morgan fingerprint density at radius 3 is 0.925 bits per heavy atom. The van der Waals surface area contributed by atoms with E-state index >= 15 is 0 Å². The second-order valence-electron chi connectivity index (χ2n) is 37.2. The molecule has 0 saturated heterocycles. The first kappa shape index (κ1) is 77.3. The van der Waals surface area contributed by atoms with Crippen LogP contribution in [0.3, 0.4) is 0 Å². The first-order valence-electron chi connectivity index (χ1n) is 47.3. The minimum absolute atomic E-state index is 0.0144. The van der Waals surface area contributed by atoms with Crippen LogP contribution in [0.1, 0.15) is 135 Å². The quantitative estimate of drug-likeness (QED) is 0.114. The Morgan fingerprint density at radius 1 is 0.149 bits per heavy atom. The summed E-state index contributed by atoms with van der Waals surface area (Å²) >= 11 is 0. The molecule has 0 aromatic heterocycles. The Bertz CT molecular complexity index is 8400. The van der Waals surface area contributed by atoms with E-state index in [2.05, 4.69) is 510 Å². The molecule has 0 heteroatoms. The van der Waals surface area contributed by atoms with Gasteiger partial charge in [0.2, 0.25) is 0 Å². The SMILES string of the molecule is c1ccc(-c2cccc(C3c4ccccc4-c4cc(-c5ccc6c(c5)-c5ccc7c(c5C6c5cccc6ccccc56)-c5ccccc5C7(c5ccccc5)c5ccccc5)ccc43)c2)cc1.c1ccc(-c2cccc(C3c4ccccc4-c4cc(-c5ccc6c(c5)-c5ccc7c(c5C6c5cccc6ccccc56)C(c5ccccc5)(c5ccccc5)c5ccccc5-7)ccc43)c2)cc1. The van der Waals surface area contributed by atoms with Crippen LogP contribution in [0.15, 0.2) is 510 Å². The molecule has 22 aromatic carbocycles. The molecular formula is C134H88. The number of hydrogen-bond acceptors (Lipinski definition) is 0. The maximum absolute atomic E-state index is 2.50. The van der Waals surface area contributed by atoms with E-state index in [0.717, 1.165) is 0 Å². The van der Waals surface area contributed by atoms with Crippen LogP contribution in [0.4, 0.5) is 0 Å². The van der Waals surface area contributed by atoms with Crippen molar-refractivity contribution in [1.29, 1.82) is 0 Å². The molecule has 0 heterocycles. The molecular weight excluding hydrogens is 1610 g/mol. The molecule has 0 fully saturated rings. The van der Waals surface area contributed by atoms with Gasteiger partial charge in [-0.25, -0.2) is 0 Å². The standard InChI is InChI=1S/2C67H44/c1-4-18-43(19-5-1)45-22-16-23-48(40-45)63-55-31-13-12-29-52(55)60-41-46(34-36-56(60)63)47-35-37-57-61(42-47)58-38-39-59-53-30-14-15-33-62(53)67(49-24-6-2-7-25-49,50-26-8-3-9-27-50)66(59)65(58)64(57)54-32-17-21-44-20-10-11-28-51(44)54;1-4-18-43(19-5-1)45-22-16-23-48(40-45)63-54-30-13-12-29-52(54)59-41-46(34-36-55(59)63)47-35-37-56-60(42-47)57-38-39-62-65(66(57)64(56)53-32-17-21-44-20-10-11-28-51(44)53)58-31-14-15-33-61(58)67(62,49-24-6-2-7-25-49)50-26-8-3-9-27-50/h2*1-42,63-64H. The lowest BCUT2D eigenvalue weighted by Crippen LogP contribution is -2.30. The second-order valence-corrected chi connectivity index (χ2v) is 37.2. The van der Waals surface area contributed by atoms with Gasteiger partial charge < -0.3 is 0 Å². The lowest BCUT2D eigenvalue weighted by molar-refractivity contribution is 0.753. The molecule has 22 aromatic rings. The highest BCUT2D eigenvalue weighted by atomic mass is 14.5. The predicted octanol–water partition coefficient (Wildman–Crippen LogP) is 33.7. The summed E-state index contributed by atoms with van der Waals surface area (Å²) in [7, 11) is 0. The van der Waals surface area contributed by atoms with Gasteiger partial charge in [-0.15, -0.1) is 0 Å². The second kappa shape index (κ2) is 31.0. The van der Waals surface area contributed by atoms with E-state index in [9.17, 15) is 0 Å². The van der Waals surface area contributed by atoms with Crippen molar-refractivity contribution in [2.24, 2.45) is 0 Å². The summed E-state index contributed by atoms with van der Waals surface area (Å²) in [6.07, 6.45) is 0. The smallest absolute Gasteiger partial charge is 0.0622 e. The molecule has 0 spiro atoms. The number of hydrogen-bond donors (Lipinski definition) is 0. The van der Waals surface area contributed by atoms with Crippen molar-refractivity contribution in [3.8, 4) is 111 Å². The van der Waals surface area contributed by atoms with E-state index in [4.69, 9.17) is 0 Å². The molecule has 624 valence electrons. The van der Waals surface area contributed by atoms with Crippen LogP contribution in [0.2, 0.25) is 0 Å². The Morgan fingerprint density at radius 2 is 0.455 bits per heavy atom. The van der Waals surface area contributed by atoms with Crippen molar-refractivity contribution in [2.75, 3.05) is 0 Å². The maximum atomic E-state index is 2.50. The zero-order chi connectivity index (χ0) is 88.1. The van der Waals surface area contributed by atoms with Crippen molar-refractivity contribution in [1.82, 2.24) is 0 Å². The topological polar surface area (TPSA) is 0 Å². The summed E-state index contributed by atoms with van der Waals surface area (Å²) in [5, 5.41) is 5.15. The molecule has 28 rings (SSSR count). The van der Waals surface area contributed by atoms with Crippen LogP contribution >= 0.6 is 0 Å². The van der Waals surface area contributed by atoms with Gasteiger partial charge in [0.15, 0.2) is 0 Å². The van der Waals surface area contributed by atoms with Crippen molar-refractivity contribution < 1.29 is 0 Å². The molecule has 6 aliphatic carbocycles. The van der Waals surface area contributed by atoms with Crippen molar-refractivity contribution in [2.45, 2.75) is 34.5 Å². The third kappa shape index (κ3) is 11.7. The summed E-state index contributed by atoms with van der Waals surface area (Å²) in [6, 6.07) is 192. The average molecular weight is 1700 g/mol. The largest absolute Gasteiger partial charge is 0.0716 e. The fraction of sp³-hybridized carbons (Fsp3) is 0.0448. The van der Waals surface area contributed by atoms with Gasteiger partial charge in [0.25, 0.3) is 0 Å². The normalized spacial score (nSPS) is 15.6. The molecule has 0 amide bonds. The first-order chi connectivity index (χ1) is 66.5. The van der Waals surface area contributed by atoms with Crippen molar-refractivity contribution in [3.63, 3.8) is 0 Å². The van der Waals surface area contributed by atoms with Crippen LogP contribution in [0.5, 0.6) is 0 Å². The van der Waals surface area contributed by atoms with Crippen LogP contribution in [-0.2, 0) is 10.8 Å². The molecule has 0 nitrogen and oxygen atoms in total. The lowest BCUT2D eigenvalue weighted by atomic mass is 9.65. The zero-order valence-electron chi connectivity index (χ0n) is 73.8. The maximum Gasteiger partial charge on any atom is 0.0716 e.